The Hall–Kier alpha value is -1.94. The van der Waals surface area contributed by atoms with Crippen LogP contribution < -0.4 is 4.90 Å². The number of carboxylic acids is 1. The number of carbonyl (C=O) groups excluding carboxylic acids is 1. The smallest absolute Gasteiger partial charge is 0.303 e. The molecule has 0 radical (unpaired) electrons. The van der Waals surface area contributed by atoms with Crippen molar-refractivity contribution in [2.75, 3.05) is 16.4 Å². The number of thioether (sulfide) groups is 1. The van der Waals surface area contributed by atoms with E-state index in [1.165, 1.54) is 17.8 Å². The van der Waals surface area contributed by atoms with Crippen LogP contribution in [0.5, 0.6) is 0 Å². The Morgan fingerprint density at radius 1 is 1.35 bits per heavy atom. The summed E-state index contributed by atoms with van der Waals surface area (Å²) in [4.78, 5) is 28.1. The molecule has 0 saturated carbocycles. The predicted molar refractivity (Wildman–Crippen MR) is 96.7 cm³/mol. The zero-order chi connectivity index (χ0) is 19.1. The number of rotatable bonds is 4. The quantitative estimate of drug-likeness (QED) is 0.819. The lowest BCUT2D eigenvalue weighted by Crippen LogP contribution is -2.37. The van der Waals surface area contributed by atoms with E-state index in [9.17, 15) is 22.4 Å². The number of carboxylic acid groups (broad SMARTS) is 1. The highest BCUT2D eigenvalue weighted by molar-refractivity contribution is 8.16. The number of nitrogens with zero attached hydrogens (tertiary/aromatic N) is 2. The Kier molecular flexibility index (Phi) is 5.07. The number of amidine groups is 1. The van der Waals surface area contributed by atoms with Crippen LogP contribution in [0.25, 0.3) is 0 Å². The van der Waals surface area contributed by atoms with Crippen LogP contribution in [0.1, 0.15) is 18.4 Å². The fourth-order valence-electron chi connectivity index (χ4n) is 2.97. The molecule has 0 bridgehead atoms. The highest BCUT2D eigenvalue weighted by atomic mass is 32.2. The lowest BCUT2D eigenvalue weighted by Gasteiger charge is -2.24. The number of benzene rings is 1. The van der Waals surface area contributed by atoms with Crippen molar-refractivity contribution >= 4 is 44.3 Å². The number of fused-ring (bicyclic) bond motifs is 1. The van der Waals surface area contributed by atoms with Gasteiger partial charge in [0.05, 0.1) is 24.0 Å². The molecule has 1 amide bonds. The lowest BCUT2D eigenvalue weighted by atomic mass is 10.1. The Balaban J connectivity index is 1.94. The number of aliphatic carboxylic acids is 1. The van der Waals surface area contributed by atoms with E-state index in [0.29, 0.717) is 11.3 Å². The van der Waals surface area contributed by atoms with E-state index in [-0.39, 0.29) is 34.8 Å². The molecule has 2 saturated heterocycles. The van der Waals surface area contributed by atoms with Crippen molar-refractivity contribution < 1.29 is 27.5 Å². The van der Waals surface area contributed by atoms with E-state index >= 15 is 0 Å². The third-order valence-corrected chi connectivity index (χ3v) is 7.48. The first kappa shape index (κ1) is 18.8. The van der Waals surface area contributed by atoms with Crippen molar-refractivity contribution in [2.45, 2.75) is 31.1 Å². The molecule has 26 heavy (non-hydrogen) atoms. The van der Waals surface area contributed by atoms with Gasteiger partial charge in [-0.2, -0.15) is 4.99 Å². The number of anilines is 1. The van der Waals surface area contributed by atoms with Gasteiger partial charge in [-0.15, -0.1) is 0 Å². The number of aryl methyl sites for hydroxylation is 1. The molecular weight excluding hydrogens is 383 g/mol. The fraction of sp³-hybridized carbons (Fsp3) is 0.438. The first-order chi connectivity index (χ1) is 12.2. The number of hydrogen-bond donors (Lipinski definition) is 1. The summed E-state index contributed by atoms with van der Waals surface area (Å²) in [6, 6.07) is 4.10. The maximum absolute atomic E-state index is 14.0. The Labute approximate surface area is 154 Å². The molecule has 0 unspecified atom stereocenters. The lowest BCUT2D eigenvalue weighted by molar-refractivity contribution is -0.138. The average Bonchev–Trinajstić information content (AvgIpc) is 2.99. The average molecular weight is 400 g/mol. The van der Waals surface area contributed by atoms with Gasteiger partial charge >= 0.3 is 5.97 Å². The summed E-state index contributed by atoms with van der Waals surface area (Å²) in [6.45, 7) is 1.62. The van der Waals surface area contributed by atoms with Gasteiger partial charge in [0, 0.05) is 17.4 Å². The molecule has 10 heteroatoms. The maximum Gasteiger partial charge on any atom is 0.303 e. The Morgan fingerprint density at radius 3 is 2.73 bits per heavy atom. The summed E-state index contributed by atoms with van der Waals surface area (Å²) in [5, 5.41) is 8.66. The van der Waals surface area contributed by atoms with Crippen LogP contribution in [0.15, 0.2) is 23.2 Å². The number of sulfone groups is 1. The summed E-state index contributed by atoms with van der Waals surface area (Å²) >= 11 is 1.17. The molecule has 2 fully saturated rings. The monoisotopic (exact) mass is 400 g/mol. The first-order valence-corrected chi connectivity index (χ1v) is 10.6. The zero-order valence-corrected chi connectivity index (χ0v) is 15.5. The van der Waals surface area contributed by atoms with Crippen molar-refractivity contribution in [2.24, 2.45) is 4.99 Å². The van der Waals surface area contributed by atoms with E-state index in [1.807, 2.05) is 0 Å². The summed E-state index contributed by atoms with van der Waals surface area (Å²) < 4.78 is 37.9. The van der Waals surface area contributed by atoms with Crippen molar-refractivity contribution in [1.82, 2.24) is 0 Å². The molecule has 1 N–H and O–H groups in total. The van der Waals surface area contributed by atoms with Crippen LogP contribution in [-0.4, -0.2) is 53.4 Å². The topological polar surface area (TPSA) is 104 Å². The van der Waals surface area contributed by atoms with Gasteiger partial charge in [-0.05, 0) is 24.6 Å². The molecule has 140 valence electrons. The molecule has 2 atom stereocenters. The minimum Gasteiger partial charge on any atom is -0.481 e. The van der Waals surface area contributed by atoms with Gasteiger partial charge in [0.25, 0.3) is 0 Å². The van der Waals surface area contributed by atoms with Gasteiger partial charge < -0.3 is 10.0 Å². The third-order valence-electron chi connectivity index (χ3n) is 4.27. The van der Waals surface area contributed by atoms with Crippen LogP contribution in [0.4, 0.5) is 10.1 Å². The number of aliphatic imine (C=N–C) groups is 1. The molecule has 0 aliphatic carbocycles. The van der Waals surface area contributed by atoms with Gasteiger partial charge in [-0.25, -0.2) is 12.8 Å². The first-order valence-electron chi connectivity index (χ1n) is 7.92. The van der Waals surface area contributed by atoms with E-state index in [1.54, 1.807) is 24.0 Å². The summed E-state index contributed by atoms with van der Waals surface area (Å²) in [6.07, 6.45) is -0.580. The molecule has 2 heterocycles. The Bertz CT molecular complexity index is 900. The van der Waals surface area contributed by atoms with Crippen LogP contribution >= 0.6 is 11.8 Å². The van der Waals surface area contributed by atoms with E-state index < -0.39 is 33.6 Å². The summed E-state index contributed by atoms with van der Waals surface area (Å²) in [7, 11) is -3.21. The van der Waals surface area contributed by atoms with Crippen molar-refractivity contribution in [1.29, 1.82) is 0 Å². The second-order valence-corrected chi connectivity index (χ2v) is 9.65. The molecule has 0 spiro atoms. The van der Waals surface area contributed by atoms with Crippen molar-refractivity contribution in [3.05, 3.63) is 29.6 Å². The maximum atomic E-state index is 14.0. The minimum atomic E-state index is -3.21. The van der Waals surface area contributed by atoms with E-state index in [4.69, 9.17) is 5.11 Å². The van der Waals surface area contributed by atoms with Gasteiger partial charge in [0.2, 0.25) is 5.91 Å². The normalized spacial score (nSPS) is 25.5. The molecular formula is C16H17FN2O5S2. The van der Waals surface area contributed by atoms with Crippen molar-refractivity contribution in [3.8, 4) is 0 Å². The van der Waals surface area contributed by atoms with Gasteiger partial charge in [0.1, 0.15) is 5.82 Å². The highest BCUT2D eigenvalue weighted by Crippen LogP contribution is 2.41. The number of hydrogen-bond acceptors (Lipinski definition) is 5. The van der Waals surface area contributed by atoms with Crippen LogP contribution in [0, 0.1) is 12.7 Å². The van der Waals surface area contributed by atoms with Crippen molar-refractivity contribution in [3.63, 3.8) is 0 Å². The standard InChI is InChI=1S/C16H17FN2O5S2/c1-9-2-3-10(6-11(9)17)19-12-7-26(23,24)8-13(12)25-16(19)18-14(20)4-5-15(21)22/h2-3,6,12-13H,4-5,7-8H2,1H3,(H,21,22)/t12-,13+/m1/s1. The molecule has 7 nitrogen and oxygen atoms in total. The molecule has 1 aromatic carbocycles. The minimum absolute atomic E-state index is 0.0322. The van der Waals surface area contributed by atoms with Gasteiger partial charge in [-0.1, -0.05) is 17.8 Å². The Morgan fingerprint density at radius 2 is 2.08 bits per heavy atom. The highest BCUT2D eigenvalue weighted by Gasteiger charge is 2.49. The second-order valence-electron chi connectivity index (χ2n) is 6.29. The van der Waals surface area contributed by atoms with Gasteiger partial charge in [-0.3, -0.25) is 9.59 Å². The largest absolute Gasteiger partial charge is 0.481 e. The number of halogens is 1. The SMILES string of the molecule is Cc1ccc(N2C(=NC(=O)CCC(=O)O)S[C@H]3CS(=O)(=O)C[C@H]32)cc1F. The molecule has 3 rings (SSSR count). The van der Waals surface area contributed by atoms with E-state index in [2.05, 4.69) is 4.99 Å². The number of carbonyl (C=O) groups is 2. The fourth-order valence-corrected chi connectivity index (χ4v) is 6.91. The van der Waals surface area contributed by atoms with Crippen LogP contribution in [-0.2, 0) is 19.4 Å². The van der Waals surface area contributed by atoms with Gasteiger partial charge in [0.15, 0.2) is 15.0 Å². The molecule has 2 aliphatic heterocycles. The predicted octanol–water partition coefficient (Wildman–Crippen LogP) is 1.60. The molecule has 1 aromatic rings. The van der Waals surface area contributed by atoms with Crippen LogP contribution in [0.2, 0.25) is 0 Å². The third kappa shape index (κ3) is 3.90. The van der Waals surface area contributed by atoms with Crippen LogP contribution in [0.3, 0.4) is 0 Å². The molecule has 2 aliphatic rings. The van der Waals surface area contributed by atoms with E-state index in [0.717, 1.165) is 0 Å². The second kappa shape index (κ2) is 6.99. The molecule has 0 aromatic heterocycles. The summed E-state index contributed by atoms with van der Waals surface area (Å²) in [5.41, 5.74) is 0.877. The zero-order valence-electron chi connectivity index (χ0n) is 13.9. The summed E-state index contributed by atoms with van der Waals surface area (Å²) in [5.74, 6) is -2.26. The number of amides is 1.